The van der Waals surface area contributed by atoms with Crippen LogP contribution in [0.1, 0.15) is 15.9 Å². The molecule has 0 saturated carbocycles. The molecule has 5 heteroatoms. The van der Waals surface area contributed by atoms with Crippen molar-refractivity contribution in [1.82, 2.24) is 0 Å². The van der Waals surface area contributed by atoms with Crippen LogP contribution in [0.4, 0.5) is 8.78 Å². The molecule has 0 radical (unpaired) electrons. The lowest BCUT2D eigenvalue weighted by atomic mass is 10.0. The minimum atomic E-state index is -0.810. The number of ketones is 1. The first-order valence-electron chi connectivity index (χ1n) is 5.79. The molecule has 0 bridgehead atoms. The summed E-state index contributed by atoms with van der Waals surface area (Å²) in [5, 5.41) is 0. The molecule has 2 rings (SSSR count). The largest absolute Gasteiger partial charge is 0.497 e. The van der Waals surface area contributed by atoms with E-state index in [0.29, 0.717) is 0 Å². The Bertz CT molecular complexity index is 654. The van der Waals surface area contributed by atoms with Crippen molar-refractivity contribution >= 4 is 5.78 Å². The summed E-state index contributed by atoms with van der Waals surface area (Å²) in [4.78, 5) is 12.2. The SMILES string of the molecule is COc1ccc(C(=O)c2cccc(OC)c2F)c(F)c1. The molecule has 0 heterocycles. The molecule has 3 nitrogen and oxygen atoms in total. The van der Waals surface area contributed by atoms with E-state index in [1.807, 2.05) is 0 Å². The number of methoxy groups -OCH3 is 2. The van der Waals surface area contributed by atoms with Gasteiger partial charge >= 0.3 is 0 Å². The van der Waals surface area contributed by atoms with E-state index in [2.05, 4.69) is 0 Å². The summed E-state index contributed by atoms with van der Waals surface area (Å²) < 4.78 is 37.5. The van der Waals surface area contributed by atoms with E-state index >= 15 is 0 Å². The summed E-state index contributed by atoms with van der Waals surface area (Å²) in [6.45, 7) is 0. The average Bonchev–Trinajstić information content (AvgIpc) is 2.46. The Hall–Kier alpha value is -2.43. The maximum atomic E-state index is 14.0. The summed E-state index contributed by atoms with van der Waals surface area (Å²) in [5.41, 5.74) is -0.466. The van der Waals surface area contributed by atoms with Crippen molar-refractivity contribution in [1.29, 1.82) is 0 Å². The Labute approximate surface area is 114 Å². The zero-order valence-electron chi connectivity index (χ0n) is 10.9. The van der Waals surface area contributed by atoms with Gasteiger partial charge in [-0.05, 0) is 24.3 Å². The molecule has 104 valence electrons. The smallest absolute Gasteiger partial charge is 0.199 e. The number of carbonyl (C=O) groups is 1. The van der Waals surface area contributed by atoms with Crippen LogP contribution >= 0.6 is 0 Å². The summed E-state index contributed by atoms with van der Waals surface area (Å²) in [7, 11) is 2.68. The summed E-state index contributed by atoms with van der Waals surface area (Å²) in [6.07, 6.45) is 0. The van der Waals surface area contributed by atoms with Crippen molar-refractivity contribution in [3.8, 4) is 11.5 Å². The molecule has 0 saturated heterocycles. The normalized spacial score (nSPS) is 10.2. The van der Waals surface area contributed by atoms with Crippen LogP contribution in [-0.4, -0.2) is 20.0 Å². The molecule has 2 aromatic rings. The molecule has 0 spiro atoms. The van der Waals surface area contributed by atoms with Gasteiger partial charge in [0.25, 0.3) is 0 Å². The van der Waals surface area contributed by atoms with Gasteiger partial charge in [0.1, 0.15) is 11.6 Å². The van der Waals surface area contributed by atoms with Crippen LogP contribution in [0.25, 0.3) is 0 Å². The monoisotopic (exact) mass is 278 g/mol. The van der Waals surface area contributed by atoms with Crippen molar-refractivity contribution < 1.29 is 23.0 Å². The lowest BCUT2D eigenvalue weighted by molar-refractivity contribution is 0.103. The highest BCUT2D eigenvalue weighted by Gasteiger charge is 2.20. The van der Waals surface area contributed by atoms with E-state index in [-0.39, 0.29) is 22.6 Å². The second-order valence-corrected chi connectivity index (χ2v) is 4.00. The third-order valence-corrected chi connectivity index (χ3v) is 2.85. The molecule has 0 fully saturated rings. The Morgan fingerprint density at radius 1 is 1.00 bits per heavy atom. The lowest BCUT2D eigenvalue weighted by Gasteiger charge is -2.08. The molecule has 20 heavy (non-hydrogen) atoms. The fourth-order valence-corrected chi connectivity index (χ4v) is 1.80. The lowest BCUT2D eigenvalue weighted by Crippen LogP contribution is -2.08. The minimum absolute atomic E-state index is 0.0650. The first-order chi connectivity index (χ1) is 9.58. The van der Waals surface area contributed by atoms with Gasteiger partial charge in [-0.2, -0.15) is 0 Å². The van der Waals surface area contributed by atoms with E-state index in [9.17, 15) is 13.6 Å². The second kappa shape index (κ2) is 5.69. The zero-order valence-corrected chi connectivity index (χ0v) is 10.9. The summed E-state index contributed by atoms with van der Waals surface area (Å²) >= 11 is 0. The van der Waals surface area contributed by atoms with E-state index < -0.39 is 17.4 Å². The van der Waals surface area contributed by atoms with Gasteiger partial charge in [0, 0.05) is 6.07 Å². The zero-order chi connectivity index (χ0) is 14.7. The minimum Gasteiger partial charge on any atom is -0.497 e. The van der Waals surface area contributed by atoms with Crippen LogP contribution in [0, 0.1) is 11.6 Å². The molecular formula is C15H12F2O3. The van der Waals surface area contributed by atoms with Crippen molar-refractivity contribution in [2.45, 2.75) is 0 Å². The molecule has 0 N–H and O–H groups in total. The highest BCUT2D eigenvalue weighted by atomic mass is 19.1. The van der Waals surface area contributed by atoms with Crippen LogP contribution in [0.3, 0.4) is 0 Å². The molecule has 0 atom stereocenters. The van der Waals surface area contributed by atoms with Crippen molar-refractivity contribution in [3.63, 3.8) is 0 Å². The predicted molar refractivity (Wildman–Crippen MR) is 69.3 cm³/mol. The Morgan fingerprint density at radius 2 is 1.75 bits per heavy atom. The van der Waals surface area contributed by atoms with Gasteiger partial charge in [-0.25, -0.2) is 8.78 Å². The van der Waals surface area contributed by atoms with Gasteiger partial charge in [-0.3, -0.25) is 4.79 Å². The molecule has 0 aliphatic rings. The number of rotatable bonds is 4. The van der Waals surface area contributed by atoms with Gasteiger partial charge in [-0.15, -0.1) is 0 Å². The molecular weight excluding hydrogens is 266 g/mol. The molecule has 0 aromatic heterocycles. The number of hydrogen-bond donors (Lipinski definition) is 0. The van der Waals surface area contributed by atoms with Crippen LogP contribution in [0.5, 0.6) is 11.5 Å². The number of benzene rings is 2. The average molecular weight is 278 g/mol. The van der Waals surface area contributed by atoms with Crippen LogP contribution < -0.4 is 9.47 Å². The molecule has 0 unspecified atom stereocenters. The first-order valence-corrected chi connectivity index (χ1v) is 5.79. The third kappa shape index (κ3) is 2.47. The first kappa shape index (κ1) is 14.0. The van der Waals surface area contributed by atoms with Crippen LogP contribution in [0.15, 0.2) is 36.4 Å². The highest BCUT2D eigenvalue weighted by molar-refractivity contribution is 6.09. The van der Waals surface area contributed by atoms with Crippen LogP contribution in [0.2, 0.25) is 0 Å². The van der Waals surface area contributed by atoms with E-state index in [0.717, 1.165) is 6.07 Å². The third-order valence-electron chi connectivity index (χ3n) is 2.85. The van der Waals surface area contributed by atoms with Crippen molar-refractivity contribution in [3.05, 3.63) is 59.2 Å². The fraction of sp³-hybridized carbons (Fsp3) is 0.133. The number of carbonyl (C=O) groups excluding carboxylic acids is 1. The number of halogens is 2. The molecule has 2 aromatic carbocycles. The predicted octanol–water partition coefficient (Wildman–Crippen LogP) is 3.21. The maximum absolute atomic E-state index is 14.0. The van der Waals surface area contributed by atoms with Crippen LogP contribution in [-0.2, 0) is 0 Å². The Kier molecular flexibility index (Phi) is 3.98. The Morgan fingerprint density at radius 3 is 2.35 bits per heavy atom. The van der Waals surface area contributed by atoms with Crippen molar-refractivity contribution in [2.75, 3.05) is 14.2 Å². The summed E-state index contributed by atoms with van der Waals surface area (Å²) in [5.74, 6) is -2.11. The number of hydrogen-bond acceptors (Lipinski definition) is 3. The molecule has 0 amide bonds. The molecule has 0 aliphatic carbocycles. The topological polar surface area (TPSA) is 35.5 Å². The van der Waals surface area contributed by atoms with Gasteiger partial charge in [0.15, 0.2) is 17.3 Å². The van der Waals surface area contributed by atoms with Crippen molar-refractivity contribution in [2.24, 2.45) is 0 Å². The van der Waals surface area contributed by atoms with Gasteiger partial charge in [0.05, 0.1) is 25.3 Å². The van der Waals surface area contributed by atoms with E-state index in [4.69, 9.17) is 9.47 Å². The standard InChI is InChI=1S/C15H12F2O3/c1-19-9-6-7-10(12(16)8-9)15(18)11-4-3-5-13(20-2)14(11)17/h3-8H,1-2H3. The van der Waals surface area contributed by atoms with Gasteiger partial charge < -0.3 is 9.47 Å². The maximum Gasteiger partial charge on any atom is 0.199 e. The second-order valence-electron chi connectivity index (χ2n) is 4.00. The van der Waals surface area contributed by atoms with Gasteiger partial charge in [0.2, 0.25) is 0 Å². The molecule has 0 aliphatic heterocycles. The number of ether oxygens (including phenoxy) is 2. The van der Waals surface area contributed by atoms with E-state index in [1.165, 1.54) is 44.6 Å². The van der Waals surface area contributed by atoms with E-state index in [1.54, 1.807) is 0 Å². The fourth-order valence-electron chi connectivity index (χ4n) is 1.80. The quantitative estimate of drug-likeness (QED) is 0.806. The van der Waals surface area contributed by atoms with Gasteiger partial charge in [-0.1, -0.05) is 6.07 Å². The summed E-state index contributed by atoms with van der Waals surface area (Å²) in [6, 6.07) is 7.91. The Balaban J connectivity index is 2.46. The highest BCUT2D eigenvalue weighted by Crippen LogP contribution is 2.24.